The van der Waals surface area contributed by atoms with Crippen LogP contribution in [0.5, 0.6) is 0 Å². The van der Waals surface area contributed by atoms with Gasteiger partial charge in [-0.05, 0) is 12.1 Å². The van der Waals surface area contributed by atoms with Crippen molar-refractivity contribution in [2.24, 2.45) is 0 Å². The van der Waals surface area contributed by atoms with Crippen LogP contribution in [0.2, 0.25) is 0 Å². The third-order valence-corrected chi connectivity index (χ3v) is 3.22. The van der Waals surface area contributed by atoms with Crippen LogP contribution in [0.1, 0.15) is 12.6 Å². The van der Waals surface area contributed by atoms with E-state index in [4.69, 9.17) is 22.1 Å². The monoisotopic (exact) mass is 287 g/mol. The normalized spacial score (nSPS) is 31.1. The maximum atomic E-state index is 11.7. The number of rotatable bonds is 3. The summed E-state index contributed by atoms with van der Waals surface area (Å²) in [6, 6.07) is 1.45. The molecule has 0 aliphatic carbocycles. The first kappa shape index (κ1) is 14.0. The molecule has 0 unspecified atom stereocenters. The van der Waals surface area contributed by atoms with Gasteiger partial charge in [-0.15, -0.1) is 0 Å². The fourth-order valence-electron chi connectivity index (χ4n) is 2.04. The van der Waals surface area contributed by atoms with Crippen LogP contribution in [-0.4, -0.2) is 38.1 Å². The highest BCUT2D eigenvalue weighted by molar-refractivity contribution is 6.25. The van der Waals surface area contributed by atoms with Gasteiger partial charge >= 0.3 is 5.69 Å². The lowest BCUT2D eigenvalue weighted by Crippen LogP contribution is -2.41. The van der Waals surface area contributed by atoms with E-state index in [2.05, 4.69) is 4.98 Å². The molecule has 0 amide bonds. The van der Waals surface area contributed by atoms with Crippen LogP contribution >= 0.6 is 11.6 Å². The van der Waals surface area contributed by atoms with Crippen molar-refractivity contribution in [2.45, 2.75) is 24.4 Å². The van der Waals surface area contributed by atoms with Crippen molar-refractivity contribution in [1.82, 2.24) is 9.55 Å². The fraction of sp³-hybridized carbons (Fsp3) is 0.455. The Morgan fingerprint density at radius 3 is 3.05 bits per heavy atom. The van der Waals surface area contributed by atoms with Crippen molar-refractivity contribution in [3.8, 4) is 0 Å². The van der Waals surface area contributed by atoms with Crippen LogP contribution in [0, 0.1) is 0 Å². The molecule has 0 spiro atoms. The summed E-state index contributed by atoms with van der Waals surface area (Å²) in [5.41, 5.74) is 4.66. The van der Waals surface area contributed by atoms with Gasteiger partial charge in [0.25, 0.3) is 0 Å². The van der Waals surface area contributed by atoms with Gasteiger partial charge in [0.2, 0.25) is 0 Å². The SMILES string of the molecule is Nc1ccn([C@H]2C[C@H](O)[C@@](/C=C/Cl)(CO)O2)c(=O)n1. The Labute approximate surface area is 113 Å². The summed E-state index contributed by atoms with van der Waals surface area (Å²) in [7, 11) is 0. The van der Waals surface area contributed by atoms with Crippen molar-refractivity contribution < 1.29 is 14.9 Å². The number of nitrogen functional groups attached to an aromatic ring is 1. The molecule has 1 aliphatic heterocycles. The van der Waals surface area contributed by atoms with Gasteiger partial charge in [-0.2, -0.15) is 4.98 Å². The summed E-state index contributed by atoms with van der Waals surface area (Å²) in [5.74, 6) is 0.105. The minimum absolute atomic E-state index is 0.105. The van der Waals surface area contributed by atoms with Crippen LogP contribution < -0.4 is 11.4 Å². The molecule has 1 aromatic rings. The van der Waals surface area contributed by atoms with Crippen molar-refractivity contribution in [3.05, 3.63) is 34.4 Å². The van der Waals surface area contributed by atoms with E-state index in [0.29, 0.717) is 0 Å². The highest BCUT2D eigenvalue weighted by Gasteiger charge is 2.46. The molecular formula is C11H14ClN3O4. The Morgan fingerprint density at radius 1 is 1.74 bits per heavy atom. The first-order chi connectivity index (χ1) is 9.02. The predicted molar refractivity (Wildman–Crippen MR) is 68.5 cm³/mol. The van der Waals surface area contributed by atoms with E-state index < -0.39 is 30.2 Å². The van der Waals surface area contributed by atoms with E-state index in [1.54, 1.807) is 0 Å². The van der Waals surface area contributed by atoms with Crippen LogP contribution in [0.4, 0.5) is 5.82 Å². The number of ether oxygens (including phenoxy) is 1. The first-order valence-electron chi connectivity index (χ1n) is 5.62. The van der Waals surface area contributed by atoms with Crippen LogP contribution in [0.15, 0.2) is 28.7 Å². The maximum absolute atomic E-state index is 11.7. The molecule has 1 aliphatic rings. The van der Waals surface area contributed by atoms with E-state index in [1.807, 2.05) is 0 Å². The molecule has 8 heteroatoms. The fourth-order valence-corrected chi connectivity index (χ4v) is 2.25. The lowest BCUT2D eigenvalue weighted by molar-refractivity contribution is -0.0974. The van der Waals surface area contributed by atoms with Crippen LogP contribution in [0.25, 0.3) is 0 Å². The van der Waals surface area contributed by atoms with E-state index in [0.717, 1.165) is 5.54 Å². The summed E-state index contributed by atoms with van der Waals surface area (Å²) < 4.78 is 6.78. The number of hydrogen-bond acceptors (Lipinski definition) is 6. The molecule has 0 radical (unpaired) electrons. The highest BCUT2D eigenvalue weighted by atomic mass is 35.5. The quantitative estimate of drug-likeness (QED) is 0.697. The summed E-state index contributed by atoms with van der Waals surface area (Å²) in [4.78, 5) is 15.3. The Balaban J connectivity index is 2.32. The summed E-state index contributed by atoms with van der Waals surface area (Å²) >= 11 is 5.48. The molecule has 1 saturated heterocycles. The molecule has 1 aromatic heterocycles. The molecule has 0 bridgehead atoms. The van der Waals surface area contributed by atoms with Crippen molar-refractivity contribution in [1.29, 1.82) is 0 Å². The number of aliphatic hydroxyl groups excluding tert-OH is 2. The Kier molecular flexibility index (Phi) is 3.91. The minimum Gasteiger partial charge on any atom is -0.393 e. The van der Waals surface area contributed by atoms with Gasteiger partial charge in [0.05, 0.1) is 12.7 Å². The third kappa shape index (κ3) is 2.50. The van der Waals surface area contributed by atoms with E-state index in [-0.39, 0.29) is 12.2 Å². The molecule has 1 fully saturated rings. The van der Waals surface area contributed by atoms with Gasteiger partial charge in [-0.25, -0.2) is 4.79 Å². The maximum Gasteiger partial charge on any atom is 0.351 e. The molecule has 104 valence electrons. The average Bonchev–Trinajstić information content (AvgIpc) is 2.67. The zero-order valence-electron chi connectivity index (χ0n) is 9.94. The first-order valence-corrected chi connectivity index (χ1v) is 6.05. The molecule has 2 heterocycles. The number of nitrogens with zero attached hydrogens (tertiary/aromatic N) is 2. The number of aliphatic hydroxyl groups is 2. The van der Waals surface area contributed by atoms with E-state index in [1.165, 1.54) is 22.9 Å². The third-order valence-electron chi connectivity index (χ3n) is 3.10. The molecule has 2 rings (SSSR count). The summed E-state index contributed by atoms with van der Waals surface area (Å²) in [6.45, 7) is -0.453. The molecule has 0 aromatic carbocycles. The Hall–Kier alpha value is -1.41. The largest absolute Gasteiger partial charge is 0.393 e. The van der Waals surface area contributed by atoms with E-state index in [9.17, 15) is 15.0 Å². The number of nitrogens with two attached hydrogens (primary N) is 1. The Morgan fingerprint density at radius 2 is 2.47 bits per heavy atom. The van der Waals surface area contributed by atoms with E-state index >= 15 is 0 Å². The molecule has 0 saturated carbocycles. The summed E-state index contributed by atoms with van der Waals surface area (Å²) in [6.07, 6.45) is 1.19. The van der Waals surface area contributed by atoms with Crippen LogP contribution in [0.3, 0.4) is 0 Å². The number of aromatic nitrogens is 2. The smallest absolute Gasteiger partial charge is 0.351 e. The minimum atomic E-state index is -1.31. The lowest BCUT2D eigenvalue weighted by Gasteiger charge is -2.26. The van der Waals surface area contributed by atoms with Crippen molar-refractivity contribution >= 4 is 17.4 Å². The van der Waals surface area contributed by atoms with Gasteiger partial charge in [0.15, 0.2) is 0 Å². The second-order valence-electron chi connectivity index (χ2n) is 4.27. The number of hydrogen-bond donors (Lipinski definition) is 3. The van der Waals surface area contributed by atoms with Gasteiger partial charge in [-0.3, -0.25) is 4.57 Å². The number of anilines is 1. The van der Waals surface area contributed by atoms with Crippen molar-refractivity contribution in [3.63, 3.8) is 0 Å². The second kappa shape index (κ2) is 5.30. The van der Waals surface area contributed by atoms with Gasteiger partial charge in [0.1, 0.15) is 17.6 Å². The molecule has 3 atom stereocenters. The molecule has 7 nitrogen and oxygen atoms in total. The van der Waals surface area contributed by atoms with Gasteiger partial charge < -0.3 is 20.7 Å². The van der Waals surface area contributed by atoms with Gasteiger partial charge in [-0.1, -0.05) is 11.6 Å². The van der Waals surface area contributed by atoms with Crippen molar-refractivity contribution in [2.75, 3.05) is 12.3 Å². The average molecular weight is 288 g/mol. The number of halogens is 1. The second-order valence-corrected chi connectivity index (χ2v) is 4.52. The lowest BCUT2D eigenvalue weighted by atomic mass is 9.98. The topological polar surface area (TPSA) is 111 Å². The molecular weight excluding hydrogens is 274 g/mol. The zero-order valence-corrected chi connectivity index (χ0v) is 10.7. The molecule has 19 heavy (non-hydrogen) atoms. The Bertz CT molecular complexity index is 547. The zero-order chi connectivity index (χ0) is 14.0. The summed E-state index contributed by atoms with van der Waals surface area (Å²) in [5, 5.41) is 19.4. The predicted octanol–water partition coefficient (Wildman–Crippen LogP) is -0.411. The van der Waals surface area contributed by atoms with Gasteiger partial charge in [0, 0.05) is 18.2 Å². The standard InChI is InChI=1S/C11H14ClN3O4/c12-3-2-11(6-16)7(17)5-9(19-11)15-4-1-8(13)14-10(15)18/h1-4,7,9,16-17H,5-6H2,(H2,13,14,18)/b3-2+/t7-,9+,11+/m0/s1. The molecule has 4 N–H and O–H groups in total. The van der Waals surface area contributed by atoms with Crippen LogP contribution in [-0.2, 0) is 4.74 Å². The highest BCUT2D eigenvalue weighted by Crippen LogP contribution is 2.37.